The van der Waals surface area contributed by atoms with Crippen LogP contribution in [0, 0.1) is 13.8 Å². The summed E-state index contributed by atoms with van der Waals surface area (Å²) in [7, 11) is 3.10. The Labute approximate surface area is 185 Å². The summed E-state index contributed by atoms with van der Waals surface area (Å²) in [6, 6.07) is 14.4. The highest BCUT2D eigenvalue weighted by Gasteiger charge is 2.48. The van der Waals surface area contributed by atoms with Gasteiger partial charge in [-0.15, -0.1) is 0 Å². The Balaban J connectivity index is 1.90. The standard InChI is InChI=1S/C25H23NO6/c1-14-13-16(6-12-19(14)31-4)23(27)21-22(20-11-5-15(2)32-20)26(25(29)24(21)28)17-7-9-18(30-3)10-8-17/h5-13,22,27H,1-4H3/b23-21-. The fraction of sp³-hybridized carbons (Fsp3) is 0.200. The number of nitrogens with zero attached hydrogens (tertiary/aromatic N) is 1. The van der Waals surface area contributed by atoms with Crippen molar-refractivity contribution in [3.8, 4) is 11.5 Å². The van der Waals surface area contributed by atoms with Crippen LogP contribution in [0.5, 0.6) is 11.5 Å². The Kier molecular flexibility index (Phi) is 5.48. The molecule has 1 unspecified atom stereocenters. The molecule has 3 aromatic rings. The van der Waals surface area contributed by atoms with Crippen molar-refractivity contribution in [2.75, 3.05) is 19.1 Å². The SMILES string of the molecule is COc1ccc(N2C(=O)C(=O)/C(=C(\O)c3ccc(OC)c(C)c3)C2c2ccc(C)o2)cc1. The highest BCUT2D eigenvalue weighted by atomic mass is 16.5. The summed E-state index contributed by atoms with van der Waals surface area (Å²) < 4.78 is 16.3. The second-order valence-corrected chi connectivity index (χ2v) is 7.50. The predicted octanol–water partition coefficient (Wildman–Crippen LogP) is 4.54. The number of furan rings is 1. The predicted molar refractivity (Wildman–Crippen MR) is 119 cm³/mol. The zero-order valence-corrected chi connectivity index (χ0v) is 18.2. The maximum atomic E-state index is 13.1. The maximum Gasteiger partial charge on any atom is 0.300 e. The van der Waals surface area contributed by atoms with Gasteiger partial charge in [-0.25, -0.2) is 0 Å². The molecule has 2 heterocycles. The van der Waals surface area contributed by atoms with Gasteiger partial charge in [0, 0.05) is 11.3 Å². The van der Waals surface area contributed by atoms with Crippen LogP contribution in [0.1, 0.15) is 28.7 Å². The van der Waals surface area contributed by atoms with E-state index in [1.54, 1.807) is 75.7 Å². The molecule has 1 aromatic heterocycles. The van der Waals surface area contributed by atoms with Crippen molar-refractivity contribution in [1.82, 2.24) is 0 Å². The maximum absolute atomic E-state index is 13.1. The van der Waals surface area contributed by atoms with Gasteiger partial charge >= 0.3 is 0 Å². The average molecular weight is 433 g/mol. The Morgan fingerprint density at radius 1 is 0.969 bits per heavy atom. The van der Waals surface area contributed by atoms with Gasteiger partial charge in [0.1, 0.15) is 34.8 Å². The fourth-order valence-electron chi connectivity index (χ4n) is 3.89. The molecule has 1 aliphatic rings. The summed E-state index contributed by atoms with van der Waals surface area (Å²) in [5, 5.41) is 11.2. The van der Waals surface area contributed by atoms with Crippen LogP contribution in [0.2, 0.25) is 0 Å². The molecule has 164 valence electrons. The van der Waals surface area contributed by atoms with Gasteiger partial charge < -0.3 is 19.0 Å². The fourth-order valence-corrected chi connectivity index (χ4v) is 3.89. The van der Waals surface area contributed by atoms with Gasteiger partial charge in [-0.05, 0) is 74.0 Å². The van der Waals surface area contributed by atoms with E-state index in [1.165, 1.54) is 4.90 Å². The number of carbonyl (C=O) groups is 2. The first-order valence-corrected chi connectivity index (χ1v) is 10.0. The zero-order valence-electron chi connectivity index (χ0n) is 18.2. The largest absolute Gasteiger partial charge is 0.507 e. The smallest absolute Gasteiger partial charge is 0.300 e. The first kappa shape index (κ1) is 21.2. The summed E-state index contributed by atoms with van der Waals surface area (Å²) in [6.07, 6.45) is 0. The molecule has 0 aliphatic carbocycles. The zero-order chi connectivity index (χ0) is 23.0. The Morgan fingerprint density at radius 3 is 2.25 bits per heavy atom. The molecule has 0 radical (unpaired) electrons. The van der Waals surface area contributed by atoms with E-state index in [0.717, 1.165) is 5.56 Å². The second-order valence-electron chi connectivity index (χ2n) is 7.50. The number of benzene rings is 2. The number of anilines is 1. The summed E-state index contributed by atoms with van der Waals surface area (Å²) in [5.74, 6) is 0.462. The first-order chi connectivity index (χ1) is 15.3. The molecule has 0 bridgehead atoms. The van der Waals surface area contributed by atoms with Crippen molar-refractivity contribution < 1.29 is 28.6 Å². The first-order valence-electron chi connectivity index (χ1n) is 10.0. The van der Waals surface area contributed by atoms with Crippen molar-refractivity contribution in [2.45, 2.75) is 19.9 Å². The van der Waals surface area contributed by atoms with Crippen molar-refractivity contribution in [1.29, 1.82) is 0 Å². The molecule has 1 N–H and O–H groups in total. The third-order valence-electron chi connectivity index (χ3n) is 5.49. The number of rotatable bonds is 5. The number of Topliss-reactive ketones (excluding diaryl/α,β-unsaturated/α-hetero) is 1. The molecule has 1 aliphatic heterocycles. The number of aliphatic hydroxyl groups is 1. The van der Waals surface area contributed by atoms with Crippen LogP contribution in [0.15, 0.2) is 64.6 Å². The number of amides is 1. The van der Waals surface area contributed by atoms with Crippen LogP contribution in [0.3, 0.4) is 0 Å². The van der Waals surface area contributed by atoms with E-state index in [-0.39, 0.29) is 11.3 Å². The number of ether oxygens (including phenoxy) is 2. The molecule has 0 spiro atoms. The van der Waals surface area contributed by atoms with E-state index in [1.807, 2.05) is 6.92 Å². The monoisotopic (exact) mass is 433 g/mol. The lowest BCUT2D eigenvalue weighted by molar-refractivity contribution is -0.132. The van der Waals surface area contributed by atoms with Gasteiger partial charge in [0.25, 0.3) is 11.7 Å². The summed E-state index contributed by atoms with van der Waals surface area (Å²) >= 11 is 0. The van der Waals surface area contributed by atoms with Crippen molar-refractivity contribution >= 4 is 23.1 Å². The normalized spacial score (nSPS) is 17.6. The second kappa shape index (κ2) is 8.26. The van der Waals surface area contributed by atoms with Crippen LogP contribution < -0.4 is 14.4 Å². The quantitative estimate of drug-likeness (QED) is 0.361. The van der Waals surface area contributed by atoms with Crippen LogP contribution in [0.4, 0.5) is 5.69 Å². The Morgan fingerprint density at radius 2 is 1.69 bits per heavy atom. The van der Waals surface area contributed by atoms with E-state index in [0.29, 0.717) is 34.3 Å². The third kappa shape index (κ3) is 3.51. The molecule has 1 atom stereocenters. The van der Waals surface area contributed by atoms with Gasteiger partial charge in [0.15, 0.2) is 0 Å². The van der Waals surface area contributed by atoms with E-state index in [4.69, 9.17) is 13.9 Å². The summed E-state index contributed by atoms with van der Waals surface area (Å²) in [6.45, 7) is 3.61. The van der Waals surface area contributed by atoms with E-state index >= 15 is 0 Å². The van der Waals surface area contributed by atoms with Gasteiger partial charge in [-0.2, -0.15) is 0 Å². The topological polar surface area (TPSA) is 89.2 Å². The van der Waals surface area contributed by atoms with E-state index in [2.05, 4.69) is 0 Å². The molecular weight excluding hydrogens is 410 g/mol. The van der Waals surface area contributed by atoms with Gasteiger partial charge in [0.05, 0.1) is 19.8 Å². The van der Waals surface area contributed by atoms with Crippen LogP contribution in [-0.2, 0) is 9.59 Å². The van der Waals surface area contributed by atoms with Gasteiger partial charge in [-0.3, -0.25) is 14.5 Å². The number of methoxy groups -OCH3 is 2. The minimum absolute atomic E-state index is 0.0373. The number of ketones is 1. The third-order valence-corrected chi connectivity index (χ3v) is 5.49. The number of hydrogen-bond donors (Lipinski definition) is 1. The molecular formula is C25H23NO6. The minimum Gasteiger partial charge on any atom is -0.507 e. The molecule has 7 nitrogen and oxygen atoms in total. The molecule has 1 amide bonds. The van der Waals surface area contributed by atoms with E-state index < -0.39 is 17.7 Å². The van der Waals surface area contributed by atoms with Crippen molar-refractivity contribution in [3.63, 3.8) is 0 Å². The molecule has 32 heavy (non-hydrogen) atoms. The highest BCUT2D eigenvalue weighted by molar-refractivity contribution is 6.51. The molecule has 7 heteroatoms. The molecule has 4 rings (SSSR count). The van der Waals surface area contributed by atoms with Crippen LogP contribution >= 0.6 is 0 Å². The number of hydrogen-bond acceptors (Lipinski definition) is 6. The molecule has 1 saturated heterocycles. The average Bonchev–Trinajstić information content (AvgIpc) is 3.34. The lowest BCUT2D eigenvalue weighted by Gasteiger charge is -2.23. The van der Waals surface area contributed by atoms with Crippen molar-refractivity contribution in [3.05, 3.63) is 82.8 Å². The minimum atomic E-state index is -0.917. The molecule has 0 saturated carbocycles. The highest BCUT2D eigenvalue weighted by Crippen LogP contribution is 2.43. The van der Waals surface area contributed by atoms with Crippen LogP contribution in [-0.4, -0.2) is 31.0 Å². The van der Waals surface area contributed by atoms with E-state index in [9.17, 15) is 14.7 Å². The van der Waals surface area contributed by atoms with Crippen LogP contribution in [0.25, 0.3) is 5.76 Å². The Bertz CT molecular complexity index is 1220. The van der Waals surface area contributed by atoms with Gasteiger partial charge in [-0.1, -0.05) is 0 Å². The summed E-state index contributed by atoms with van der Waals surface area (Å²) in [4.78, 5) is 27.6. The number of carbonyl (C=O) groups excluding carboxylic acids is 2. The lowest BCUT2D eigenvalue weighted by Crippen LogP contribution is -2.29. The number of aryl methyl sites for hydroxylation is 2. The summed E-state index contributed by atoms with van der Waals surface area (Å²) in [5.41, 5.74) is 1.64. The van der Waals surface area contributed by atoms with Crippen molar-refractivity contribution in [2.24, 2.45) is 0 Å². The van der Waals surface area contributed by atoms with Gasteiger partial charge in [0.2, 0.25) is 0 Å². The lowest BCUT2D eigenvalue weighted by atomic mass is 9.98. The molecule has 2 aromatic carbocycles. The molecule has 1 fully saturated rings. The Hall–Kier alpha value is -4.00. The number of aliphatic hydroxyl groups excluding tert-OH is 1.